The molecule has 0 aliphatic carbocycles. The van der Waals surface area contributed by atoms with E-state index in [1.54, 1.807) is 14.2 Å². The molecule has 0 spiro atoms. The zero-order valence-electron chi connectivity index (χ0n) is 9.41. The maximum Gasteiger partial charge on any atom is 0.166 e. The monoisotopic (exact) mass is 225 g/mol. The zero-order valence-corrected chi connectivity index (χ0v) is 9.41. The first kappa shape index (κ1) is 11.0. The van der Waals surface area contributed by atoms with Crippen molar-refractivity contribution in [3.63, 3.8) is 0 Å². The summed E-state index contributed by atoms with van der Waals surface area (Å²) in [5, 5.41) is 0. The molecule has 0 radical (unpaired) electrons. The van der Waals surface area contributed by atoms with Gasteiger partial charge in [-0.1, -0.05) is 0 Å². The number of methoxy groups -OCH3 is 1. The molecule has 0 bridgehead atoms. The Morgan fingerprint density at radius 2 is 2.06 bits per heavy atom. The van der Waals surface area contributed by atoms with E-state index in [0.717, 1.165) is 22.8 Å². The fourth-order valence-electron chi connectivity index (χ4n) is 1.60. The van der Waals surface area contributed by atoms with Gasteiger partial charge in [0.05, 0.1) is 14.2 Å². The largest absolute Gasteiger partial charge is 0.497 e. The second kappa shape index (κ2) is 5.05. The van der Waals surface area contributed by atoms with Crippen LogP contribution in [-0.2, 0) is 11.4 Å². The van der Waals surface area contributed by atoms with Gasteiger partial charge in [0.2, 0.25) is 0 Å². The van der Waals surface area contributed by atoms with Gasteiger partial charge in [0, 0.05) is 18.2 Å². The summed E-state index contributed by atoms with van der Waals surface area (Å²) < 4.78 is 16.3. The van der Waals surface area contributed by atoms with Crippen molar-refractivity contribution >= 4 is 0 Å². The molecule has 16 heavy (non-hydrogen) atoms. The van der Waals surface area contributed by atoms with E-state index in [9.17, 15) is 0 Å². The highest BCUT2D eigenvalue weighted by molar-refractivity contribution is 5.52. The van der Waals surface area contributed by atoms with E-state index >= 15 is 0 Å². The number of rotatable bonds is 4. The minimum Gasteiger partial charge on any atom is -0.497 e. The second-order valence-corrected chi connectivity index (χ2v) is 3.34. The lowest BCUT2D eigenvalue weighted by atomic mass is 10.1. The van der Waals surface area contributed by atoms with E-state index in [1.165, 1.54) is 0 Å². The van der Waals surface area contributed by atoms with Gasteiger partial charge in [-0.25, -0.2) is 0 Å². The summed E-state index contributed by atoms with van der Waals surface area (Å²) in [6, 6.07) is 3.73. The SMILES string of the molecule is CONCc1cc(OC)cc2c1OCCO2. The Labute approximate surface area is 94.2 Å². The summed E-state index contributed by atoms with van der Waals surface area (Å²) in [6.07, 6.45) is 0. The zero-order chi connectivity index (χ0) is 11.4. The molecule has 1 aliphatic rings. The summed E-state index contributed by atoms with van der Waals surface area (Å²) in [7, 11) is 3.20. The predicted molar refractivity (Wildman–Crippen MR) is 57.8 cm³/mol. The molecular formula is C11H15NO4. The van der Waals surface area contributed by atoms with Crippen molar-refractivity contribution in [2.45, 2.75) is 6.54 Å². The fraction of sp³-hybridized carbons (Fsp3) is 0.455. The molecule has 2 rings (SSSR count). The molecule has 0 fully saturated rings. The molecule has 0 aromatic heterocycles. The molecular weight excluding hydrogens is 210 g/mol. The summed E-state index contributed by atoms with van der Waals surface area (Å²) in [5.74, 6) is 2.23. The lowest BCUT2D eigenvalue weighted by Gasteiger charge is -2.22. The highest BCUT2D eigenvalue weighted by Gasteiger charge is 2.17. The van der Waals surface area contributed by atoms with E-state index in [-0.39, 0.29) is 0 Å². The maximum atomic E-state index is 5.58. The van der Waals surface area contributed by atoms with Crippen LogP contribution in [0.4, 0.5) is 0 Å². The summed E-state index contributed by atoms with van der Waals surface area (Å²) in [5.41, 5.74) is 3.73. The third-order valence-electron chi connectivity index (χ3n) is 2.34. The average Bonchev–Trinajstić information content (AvgIpc) is 2.35. The Morgan fingerprint density at radius 3 is 2.81 bits per heavy atom. The number of fused-ring (bicyclic) bond motifs is 1. The van der Waals surface area contributed by atoms with Crippen molar-refractivity contribution in [2.24, 2.45) is 0 Å². The van der Waals surface area contributed by atoms with Crippen LogP contribution in [0.3, 0.4) is 0 Å². The van der Waals surface area contributed by atoms with E-state index in [1.807, 2.05) is 12.1 Å². The van der Waals surface area contributed by atoms with Gasteiger partial charge in [-0.3, -0.25) is 0 Å². The minimum atomic E-state index is 0.541. The number of hydrogen-bond donors (Lipinski definition) is 1. The van der Waals surface area contributed by atoms with Crippen molar-refractivity contribution in [1.29, 1.82) is 0 Å². The third-order valence-corrected chi connectivity index (χ3v) is 2.34. The molecule has 0 atom stereocenters. The highest BCUT2D eigenvalue weighted by atomic mass is 16.6. The van der Waals surface area contributed by atoms with Crippen molar-refractivity contribution in [3.05, 3.63) is 17.7 Å². The standard InChI is InChI=1S/C11H15NO4/c1-13-9-5-8(7-12-14-2)11-10(6-9)15-3-4-16-11/h5-6,12H,3-4,7H2,1-2H3. The molecule has 1 N–H and O–H groups in total. The van der Waals surface area contributed by atoms with E-state index < -0.39 is 0 Å². The molecule has 5 heteroatoms. The average molecular weight is 225 g/mol. The smallest absolute Gasteiger partial charge is 0.166 e. The Balaban J connectivity index is 2.31. The third kappa shape index (κ3) is 2.20. The van der Waals surface area contributed by atoms with Gasteiger partial charge in [0.1, 0.15) is 19.0 Å². The lowest BCUT2D eigenvalue weighted by Crippen LogP contribution is -2.19. The second-order valence-electron chi connectivity index (χ2n) is 3.34. The molecule has 1 heterocycles. The summed E-state index contributed by atoms with van der Waals surface area (Å²) in [6.45, 7) is 1.68. The van der Waals surface area contributed by atoms with Crippen LogP contribution in [-0.4, -0.2) is 27.4 Å². The normalized spacial score (nSPS) is 13.6. The van der Waals surface area contributed by atoms with Crippen LogP contribution in [0, 0.1) is 0 Å². The van der Waals surface area contributed by atoms with Gasteiger partial charge in [-0.05, 0) is 6.07 Å². The van der Waals surface area contributed by atoms with Gasteiger partial charge in [0.15, 0.2) is 11.5 Å². The Hall–Kier alpha value is -1.46. The van der Waals surface area contributed by atoms with E-state index in [2.05, 4.69) is 5.48 Å². The van der Waals surface area contributed by atoms with Crippen molar-refractivity contribution < 1.29 is 19.0 Å². The van der Waals surface area contributed by atoms with E-state index in [0.29, 0.717) is 19.8 Å². The number of hydroxylamine groups is 1. The van der Waals surface area contributed by atoms with Crippen molar-refractivity contribution in [2.75, 3.05) is 27.4 Å². The van der Waals surface area contributed by atoms with Crippen molar-refractivity contribution in [3.8, 4) is 17.2 Å². The first-order valence-corrected chi connectivity index (χ1v) is 5.07. The predicted octanol–water partition coefficient (Wildman–Crippen LogP) is 1.12. The topological polar surface area (TPSA) is 49.0 Å². The molecule has 1 aliphatic heterocycles. The lowest BCUT2D eigenvalue weighted by molar-refractivity contribution is 0.0848. The van der Waals surface area contributed by atoms with Crippen LogP contribution >= 0.6 is 0 Å². The van der Waals surface area contributed by atoms with Gasteiger partial charge in [-0.15, -0.1) is 0 Å². The highest BCUT2D eigenvalue weighted by Crippen LogP contribution is 2.37. The van der Waals surface area contributed by atoms with Crippen LogP contribution in [0.2, 0.25) is 0 Å². The van der Waals surface area contributed by atoms with Crippen LogP contribution in [0.5, 0.6) is 17.2 Å². The number of nitrogens with one attached hydrogen (secondary N) is 1. The number of benzene rings is 1. The van der Waals surface area contributed by atoms with Crippen LogP contribution < -0.4 is 19.7 Å². The van der Waals surface area contributed by atoms with Crippen LogP contribution in [0.25, 0.3) is 0 Å². The first-order chi connectivity index (χ1) is 7.85. The van der Waals surface area contributed by atoms with Crippen LogP contribution in [0.1, 0.15) is 5.56 Å². The molecule has 0 amide bonds. The van der Waals surface area contributed by atoms with Gasteiger partial charge in [-0.2, -0.15) is 5.48 Å². The van der Waals surface area contributed by atoms with Gasteiger partial charge < -0.3 is 19.0 Å². The maximum absolute atomic E-state index is 5.58. The Kier molecular flexibility index (Phi) is 3.48. The number of hydrogen-bond acceptors (Lipinski definition) is 5. The minimum absolute atomic E-state index is 0.541. The van der Waals surface area contributed by atoms with Crippen LogP contribution in [0.15, 0.2) is 12.1 Å². The van der Waals surface area contributed by atoms with Crippen molar-refractivity contribution in [1.82, 2.24) is 5.48 Å². The molecule has 0 saturated heterocycles. The Morgan fingerprint density at radius 1 is 1.25 bits per heavy atom. The molecule has 0 saturated carbocycles. The molecule has 88 valence electrons. The fourth-order valence-corrected chi connectivity index (χ4v) is 1.60. The quantitative estimate of drug-likeness (QED) is 0.778. The molecule has 0 unspecified atom stereocenters. The molecule has 5 nitrogen and oxygen atoms in total. The number of ether oxygens (including phenoxy) is 3. The van der Waals surface area contributed by atoms with Gasteiger partial charge in [0.25, 0.3) is 0 Å². The summed E-state index contributed by atoms with van der Waals surface area (Å²) in [4.78, 5) is 4.82. The summed E-state index contributed by atoms with van der Waals surface area (Å²) >= 11 is 0. The molecule has 1 aromatic carbocycles. The van der Waals surface area contributed by atoms with E-state index in [4.69, 9.17) is 19.0 Å². The molecule has 1 aromatic rings. The van der Waals surface area contributed by atoms with Gasteiger partial charge >= 0.3 is 0 Å². The Bertz CT molecular complexity index is 367. The first-order valence-electron chi connectivity index (χ1n) is 5.07.